The van der Waals surface area contributed by atoms with E-state index in [9.17, 15) is 0 Å². The zero-order chi connectivity index (χ0) is 11.4. The Kier molecular flexibility index (Phi) is 3.52. The van der Waals surface area contributed by atoms with Crippen molar-refractivity contribution in [3.05, 3.63) is 30.3 Å². The van der Waals surface area contributed by atoms with Gasteiger partial charge in [-0.1, -0.05) is 32.0 Å². The number of benzene rings is 1. The molecule has 1 nitrogen and oxygen atoms in total. The van der Waals surface area contributed by atoms with Crippen molar-refractivity contribution in [2.75, 3.05) is 11.4 Å². The number of anilines is 1. The monoisotopic (exact) mass is 217 g/mol. The number of hydrogen-bond acceptors (Lipinski definition) is 1. The fourth-order valence-electron chi connectivity index (χ4n) is 3.09. The minimum Gasteiger partial charge on any atom is -0.366 e. The van der Waals surface area contributed by atoms with Gasteiger partial charge in [-0.15, -0.1) is 0 Å². The summed E-state index contributed by atoms with van der Waals surface area (Å²) in [5.41, 5.74) is 1.82. The van der Waals surface area contributed by atoms with Crippen LogP contribution in [0.3, 0.4) is 0 Å². The lowest BCUT2D eigenvalue weighted by Crippen LogP contribution is -2.51. The molecule has 0 aliphatic carbocycles. The number of piperidine rings is 1. The zero-order valence-corrected chi connectivity index (χ0v) is 10.6. The van der Waals surface area contributed by atoms with Gasteiger partial charge < -0.3 is 4.90 Å². The normalized spacial score (nSPS) is 19.8. The lowest BCUT2D eigenvalue weighted by molar-refractivity contribution is 0.288. The molecule has 0 aromatic heterocycles. The van der Waals surface area contributed by atoms with Crippen molar-refractivity contribution in [1.82, 2.24) is 0 Å². The van der Waals surface area contributed by atoms with E-state index in [1.54, 1.807) is 0 Å². The van der Waals surface area contributed by atoms with Gasteiger partial charge in [0.1, 0.15) is 0 Å². The molecule has 1 aliphatic heterocycles. The van der Waals surface area contributed by atoms with Gasteiger partial charge in [0.25, 0.3) is 0 Å². The smallest absolute Gasteiger partial charge is 0.0397 e. The van der Waals surface area contributed by atoms with Gasteiger partial charge in [-0.2, -0.15) is 0 Å². The Hall–Kier alpha value is -0.980. The van der Waals surface area contributed by atoms with Crippen LogP contribution in [0.5, 0.6) is 0 Å². The predicted octanol–water partition coefficient (Wildman–Crippen LogP) is 4.24. The first-order valence-electron chi connectivity index (χ1n) is 6.65. The quantitative estimate of drug-likeness (QED) is 0.732. The summed E-state index contributed by atoms with van der Waals surface area (Å²) < 4.78 is 0. The van der Waals surface area contributed by atoms with Crippen LogP contribution in [0.25, 0.3) is 0 Å². The van der Waals surface area contributed by atoms with Crippen LogP contribution in [0, 0.1) is 0 Å². The van der Waals surface area contributed by atoms with Gasteiger partial charge >= 0.3 is 0 Å². The van der Waals surface area contributed by atoms with E-state index in [0.717, 1.165) is 0 Å². The molecule has 88 valence electrons. The van der Waals surface area contributed by atoms with Gasteiger partial charge in [-0.3, -0.25) is 0 Å². The summed E-state index contributed by atoms with van der Waals surface area (Å²) in [5, 5.41) is 0. The number of rotatable bonds is 3. The van der Waals surface area contributed by atoms with Crippen LogP contribution in [0.2, 0.25) is 0 Å². The molecule has 0 atom stereocenters. The van der Waals surface area contributed by atoms with Gasteiger partial charge in [0, 0.05) is 17.8 Å². The van der Waals surface area contributed by atoms with Crippen LogP contribution in [0.4, 0.5) is 5.69 Å². The van der Waals surface area contributed by atoms with Crippen LogP contribution in [0.1, 0.15) is 46.0 Å². The Morgan fingerprint density at radius 1 is 1.06 bits per heavy atom. The topological polar surface area (TPSA) is 3.24 Å². The molecule has 0 amide bonds. The first kappa shape index (κ1) is 11.5. The summed E-state index contributed by atoms with van der Waals surface area (Å²) in [4.78, 5) is 2.65. The maximum absolute atomic E-state index is 2.65. The minimum atomic E-state index is 0.416. The van der Waals surface area contributed by atoms with E-state index in [2.05, 4.69) is 49.1 Å². The van der Waals surface area contributed by atoms with Gasteiger partial charge in [-0.25, -0.2) is 0 Å². The average Bonchev–Trinajstić information content (AvgIpc) is 2.39. The Labute approximate surface area is 99.5 Å². The van der Waals surface area contributed by atoms with Crippen molar-refractivity contribution in [2.45, 2.75) is 51.5 Å². The van der Waals surface area contributed by atoms with E-state index in [1.165, 1.54) is 44.3 Å². The van der Waals surface area contributed by atoms with Crippen LogP contribution >= 0.6 is 0 Å². The summed E-state index contributed by atoms with van der Waals surface area (Å²) in [6.07, 6.45) is 6.62. The third kappa shape index (κ3) is 1.95. The largest absolute Gasteiger partial charge is 0.366 e. The molecule has 1 aromatic rings. The minimum absolute atomic E-state index is 0.416. The maximum atomic E-state index is 2.65. The van der Waals surface area contributed by atoms with Crippen molar-refractivity contribution in [3.8, 4) is 0 Å². The van der Waals surface area contributed by atoms with Crippen molar-refractivity contribution in [1.29, 1.82) is 0 Å². The van der Waals surface area contributed by atoms with Gasteiger partial charge in [0.15, 0.2) is 0 Å². The Morgan fingerprint density at radius 3 is 2.38 bits per heavy atom. The summed E-state index contributed by atoms with van der Waals surface area (Å²) in [5.74, 6) is 0. The molecule has 1 aliphatic rings. The Morgan fingerprint density at radius 2 is 1.75 bits per heavy atom. The molecule has 0 radical (unpaired) electrons. The van der Waals surface area contributed by atoms with E-state index >= 15 is 0 Å². The molecule has 1 heteroatoms. The molecule has 0 unspecified atom stereocenters. The van der Waals surface area contributed by atoms with Crippen molar-refractivity contribution in [2.24, 2.45) is 0 Å². The third-order valence-corrected chi connectivity index (χ3v) is 4.23. The summed E-state index contributed by atoms with van der Waals surface area (Å²) >= 11 is 0. The Balaban J connectivity index is 2.29. The number of para-hydroxylation sites is 1. The fourth-order valence-corrected chi connectivity index (χ4v) is 3.09. The summed E-state index contributed by atoms with van der Waals surface area (Å²) in [6.45, 7) is 5.90. The fraction of sp³-hybridized carbons (Fsp3) is 0.600. The van der Waals surface area contributed by atoms with Gasteiger partial charge in [0.2, 0.25) is 0 Å². The molecule has 0 saturated carbocycles. The molecule has 2 rings (SSSR count). The van der Waals surface area contributed by atoms with Crippen molar-refractivity contribution in [3.63, 3.8) is 0 Å². The van der Waals surface area contributed by atoms with Crippen LogP contribution < -0.4 is 4.90 Å². The van der Waals surface area contributed by atoms with Crippen molar-refractivity contribution >= 4 is 5.69 Å². The second kappa shape index (κ2) is 4.90. The maximum Gasteiger partial charge on any atom is 0.0397 e. The highest BCUT2D eigenvalue weighted by molar-refractivity contribution is 5.49. The molecule has 1 aromatic carbocycles. The first-order valence-corrected chi connectivity index (χ1v) is 6.65. The number of hydrogen-bond donors (Lipinski definition) is 0. The van der Waals surface area contributed by atoms with Gasteiger partial charge in [-0.05, 0) is 44.2 Å². The molecule has 0 spiro atoms. The molecule has 16 heavy (non-hydrogen) atoms. The molecule has 0 N–H and O–H groups in total. The van der Waals surface area contributed by atoms with E-state index in [1.807, 2.05) is 0 Å². The molecule has 1 heterocycles. The highest BCUT2D eigenvalue weighted by Gasteiger charge is 2.35. The van der Waals surface area contributed by atoms with E-state index in [4.69, 9.17) is 0 Å². The SMILES string of the molecule is CCC1(CC)CCCCN1c1ccccc1. The zero-order valence-electron chi connectivity index (χ0n) is 10.6. The Bertz CT molecular complexity index is 313. The van der Waals surface area contributed by atoms with Gasteiger partial charge in [0.05, 0.1) is 0 Å². The molecular formula is C15H23N. The van der Waals surface area contributed by atoms with E-state index in [-0.39, 0.29) is 0 Å². The van der Waals surface area contributed by atoms with E-state index < -0.39 is 0 Å². The highest BCUT2D eigenvalue weighted by Crippen LogP contribution is 2.37. The number of nitrogens with zero attached hydrogens (tertiary/aromatic N) is 1. The average molecular weight is 217 g/mol. The summed E-state index contributed by atoms with van der Waals surface area (Å²) in [6, 6.07) is 10.9. The molecule has 1 fully saturated rings. The van der Waals surface area contributed by atoms with Crippen LogP contribution in [-0.4, -0.2) is 12.1 Å². The van der Waals surface area contributed by atoms with Crippen LogP contribution in [-0.2, 0) is 0 Å². The highest BCUT2D eigenvalue weighted by atomic mass is 15.2. The van der Waals surface area contributed by atoms with Crippen molar-refractivity contribution < 1.29 is 0 Å². The third-order valence-electron chi connectivity index (χ3n) is 4.23. The lowest BCUT2D eigenvalue weighted by atomic mass is 9.81. The molecular weight excluding hydrogens is 194 g/mol. The second-order valence-electron chi connectivity index (χ2n) is 4.88. The lowest BCUT2D eigenvalue weighted by Gasteiger charge is -2.48. The summed E-state index contributed by atoms with van der Waals surface area (Å²) in [7, 11) is 0. The predicted molar refractivity (Wildman–Crippen MR) is 71.0 cm³/mol. The van der Waals surface area contributed by atoms with E-state index in [0.29, 0.717) is 5.54 Å². The first-order chi connectivity index (χ1) is 7.82. The molecule has 1 saturated heterocycles. The molecule has 0 bridgehead atoms. The van der Waals surface area contributed by atoms with Crippen LogP contribution in [0.15, 0.2) is 30.3 Å². The standard InChI is InChI=1S/C15H23N/c1-3-15(4-2)12-8-9-13-16(15)14-10-6-5-7-11-14/h5-7,10-11H,3-4,8-9,12-13H2,1-2H3. The second-order valence-corrected chi connectivity index (χ2v) is 4.88.